The lowest BCUT2D eigenvalue weighted by Gasteiger charge is -2.35. The van der Waals surface area contributed by atoms with Crippen molar-refractivity contribution < 1.29 is 19.2 Å². The van der Waals surface area contributed by atoms with E-state index in [1.165, 1.54) is 18.2 Å². The predicted octanol–water partition coefficient (Wildman–Crippen LogP) is 3.06. The van der Waals surface area contributed by atoms with Crippen LogP contribution in [0.1, 0.15) is 22.0 Å². The van der Waals surface area contributed by atoms with E-state index >= 15 is 0 Å². The molecular formula is C20H22ClN3O5. The standard InChI is InChI=1S/C20H22ClN3O5/c1-28-16-4-2-3-14(11-16)19(23-7-9-29-10-8-23)13-22-20(25)17-6-5-15(24(26)27)12-18(17)21/h2-6,11-12,19H,7-10,13H2,1H3,(H,22,25)/t19-/m0/s1. The Morgan fingerprint density at radius 3 is 2.72 bits per heavy atom. The SMILES string of the molecule is COc1cccc([C@H](CNC(=O)c2ccc([N+](=O)[O-])cc2Cl)N2CCOCC2)c1. The molecule has 8 nitrogen and oxygen atoms in total. The van der Waals surface area contributed by atoms with Gasteiger partial charge in [0.15, 0.2) is 0 Å². The van der Waals surface area contributed by atoms with E-state index < -0.39 is 4.92 Å². The normalized spacial score (nSPS) is 15.5. The van der Waals surface area contributed by atoms with Gasteiger partial charge in [0.05, 0.1) is 41.9 Å². The van der Waals surface area contributed by atoms with Gasteiger partial charge in [-0.25, -0.2) is 0 Å². The maximum atomic E-state index is 12.7. The zero-order chi connectivity index (χ0) is 20.8. The molecule has 1 aliphatic heterocycles. The number of nitro benzene ring substituents is 1. The molecule has 29 heavy (non-hydrogen) atoms. The molecule has 154 valence electrons. The van der Waals surface area contributed by atoms with Crippen molar-refractivity contribution in [3.05, 3.63) is 68.7 Å². The van der Waals surface area contributed by atoms with Crippen LogP contribution in [0.25, 0.3) is 0 Å². The topological polar surface area (TPSA) is 93.9 Å². The number of benzene rings is 2. The second kappa shape index (κ2) is 9.69. The van der Waals surface area contributed by atoms with Crippen LogP contribution in [-0.4, -0.2) is 55.7 Å². The van der Waals surface area contributed by atoms with E-state index in [1.54, 1.807) is 7.11 Å². The highest BCUT2D eigenvalue weighted by Crippen LogP contribution is 2.26. The number of amides is 1. The fourth-order valence-electron chi connectivity index (χ4n) is 3.28. The van der Waals surface area contributed by atoms with Crippen LogP contribution in [-0.2, 0) is 4.74 Å². The maximum absolute atomic E-state index is 12.7. The van der Waals surface area contributed by atoms with Gasteiger partial charge in [-0.1, -0.05) is 23.7 Å². The van der Waals surface area contributed by atoms with Crippen LogP contribution < -0.4 is 10.1 Å². The summed E-state index contributed by atoms with van der Waals surface area (Å²) in [5.41, 5.74) is 1.05. The average molecular weight is 420 g/mol. The fraction of sp³-hybridized carbons (Fsp3) is 0.350. The van der Waals surface area contributed by atoms with E-state index in [1.807, 2.05) is 24.3 Å². The molecule has 0 spiro atoms. The number of nitrogens with zero attached hydrogens (tertiary/aromatic N) is 2. The summed E-state index contributed by atoms with van der Waals surface area (Å²) in [7, 11) is 1.61. The number of non-ortho nitro benzene ring substituents is 1. The lowest BCUT2D eigenvalue weighted by molar-refractivity contribution is -0.384. The van der Waals surface area contributed by atoms with Gasteiger partial charge in [-0.15, -0.1) is 0 Å². The third-order valence-corrected chi connectivity index (χ3v) is 5.14. The minimum absolute atomic E-state index is 0.0426. The maximum Gasteiger partial charge on any atom is 0.270 e. The number of nitro groups is 1. The van der Waals surface area contributed by atoms with E-state index in [0.29, 0.717) is 19.8 Å². The highest BCUT2D eigenvalue weighted by molar-refractivity contribution is 6.34. The van der Waals surface area contributed by atoms with E-state index in [2.05, 4.69) is 10.2 Å². The van der Waals surface area contributed by atoms with Crippen molar-refractivity contribution in [2.75, 3.05) is 40.0 Å². The number of halogens is 1. The summed E-state index contributed by atoms with van der Waals surface area (Å²) in [4.78, 5) is 25.2. The van der Waals surface area contributed by atoms with Crippen molar-refractivity contribution >= 4 is 23.2 Å². The lowest BCUT2D eigenvalue weighted by Crippen LogP contribution is -2.43. The van der Waals surface area contributed by atoms with Crippen molar-refractivity contribution in [2.45, 2.75) is 6.04 Å². The molecule has 0 unspecified atom stereocenters. The molecule has 0 bridgehead atoms. The lowest BCUT2D eigenvalue weighted by atomic mass is 10.0. The highest BCUT2D eigenvalue weighted by Gasteiger charge is 2.24. The summed E-state index contributed by atoms with van der Waals surface area (Å²) in [6, 6.07) is 11.5. The summed E-state index contributed by atoms with van der Waals surface area (Å²) in [5.74, 6) is 0.358. The quantitative estimate of drug-likeness (QED) is 0.547. The summed E-state index contributed by atoms with van der Waals surface area (Å²) < 4.78 is 10.8. The molecule has 1 heterocycles. The molecule has 1 amide bonds. The first-order valence-electron chi connectivity index (χ1n) is 9.17. The molecule has 1 atom stereocenters. The van der Waals surface area contributed by atoms with E-state index in [-0.39, 0.29) is 28.2 Å². The van der Waals surface area contributed by atoms with Crippen LogP contribution in [0.3, 0.4) is 0 Å². The average Bonchev–Trinajstić information content (AvgIpc) is 2.74. The molecule has 1 saturated heterocycles. The van der Waals surface area contributed by atoms with Crippen LogP contribution in [0.15, 0.2) is 42.5 Å². The number of carbonyl (C=O) groups is 1. The van der Waals surface area contributed by atoms with Crippen molar-refractivity contribution in [2.24, 2.45) is 0 Å². The first-order valence-corrected chi connectivity index (χ1v) is 9.55. The summed E-state index contributed by atoms with van der Waals surface area (Å²) in [6.07, 6.45) is 0. The minimum atomic E-state index is -0.551. The van der Waals surface area contributed by atoms with Gasteiger partial charge < -0.3 is 14.8 Å². The largest absolute Gasteiger partial charge is 0.497 e. The second-order valence-corrected chi connectivity index (χ2v) is 6.98. The van der Waals surface area contributed by atoms with Gasteiger partial charge in [0.25, 0.3) is 11.6 Å². The predicted molar refractivity (Wildman–Crippen MR) is 109 cm³/mol. The van der Waals surface area contributed by atoms with Crippen molar-refractivity contribution in [3.63, 3.8) is 0 Å². The summed E-state index contributed by atoms with van der Waals surface area (Å²) in [5, 5.41) is 13.8. The minimum Gasteiger partial charge on any atom is -0.497 e. The number of hydrogen-bond donors (Lipinski definition) is 1. The Hall–Kier alpha value is -2.68. The number of rotatable bonds is 7. The molecule has 0 aliphatic carbocycles. The van der Waals surface area contributed by atoms with Gasteiger partial charge in [-0.3, -0.25) is 19.8 Å². The number of nitrogens with one attached hydrogen (secondary N) is 1. The van der Waals surface area contributed by atoms with Crippen LogP contribution >= 0.6 is 11.6 Å². The van der Waals surface area contributed by atoms with E-state index in [4.69, 9.17) is 21.1 Å². The Morgan fingerprint density at radius 1 is 1.31 bits per heavy atom. The highest BCUT2D eigenvalue weighted by atomic mass is 35.5. The molecular weight excluding hydrogens is 398 g/mol. The first-order chi connectivity index (χ1) is 14.0. The number of ether oxygens (including phenoxy) is 2. The molecule has 3 rings (SSSR count). The van der Waals surface area contributed by atoms with Gasteiger partial charge in [0.2, 0.25) is 0 Å². The Balaban J connectivity index is 1.77. The van der Waals surface area contributed by atoms with Gasteiger partial charge >= 0.3 is 0 Å². The Bertz CT molecular complexity index is 886. The van der Waals surface area contributed by atoms with Crippen LogP contribution in [0.2, 0.25) is 5.02 Å². The fourth-order valence-corrected chi connectivity index (χ4v) is 3.54. The molecule has 9 heteroatoms. The smallest absolute Gasteiger partial charge is 0.270 e. The number of carbonyl (C=O) groups excluding carboxylic acids is 1. The molecule has 0 saturated carbocycles. The van der Waals surface area contributed by atoms with Gasteiger partial charge in [0, 0.05) is 31.8 Å². The van der Waals surface area contributed by atoms with E-state index in [9.17, 15) is 14.9 Å². The van der Waals surface area contributed by atoms with Gasteiger partial charge in [-0.2, -0.15) is 0 Å². The van der Waals surface area contributed by atoms with Gasteiger partial charge in [-0.05, 0) is 23.8 Å². The van der Waals surface area contributed by atoms with Crippen molar-refractivity contribution in [3.8, 4) is 5.75 Å². The first kappa shape index (κ1) is 21.0. The monoisotopic (exact) mass is 419 g/mol. The number of methoxy groups -OCH3 is 1. The van der Waals surface area contributed by atoms with Crippen LogP contribution in [0, 0.1) is 10.1 Å². The third kappa shape index (κ3) is 5.23. The Kier molecular flexibility index (Phi) is 7.03. The molecule has 2 aromatic rings. The molecule has 0 radical (unpaired) electrons. The van der Waals surface area contributed by atoms with Crippen LogP contribution in [0.5, 0.6) is 5.75 Å². The summed E-state index contributed by atoms with van der Waals surface area (Å²) >= 11 is 6.08. The van der Waals surface area contributed by atoms with E-state index in [0.717, 1.165) is 24.4 Å². The zero-order valence-corrected chi connectivity index (χ0v) is 16.7. The number of morpholine rings is 1. The molecule has 0 aromatic heterocycles. The van der Waals surface area contributed by atoms with Crippen molar-refractivity contribution in [1.29, 1.82) is 0 Å². The molecule has 1 fully saturated rings. The molecule has 1 N–H and O–H groups in total. The van der Waals surface area contributed by atoms with Crippen molar-refractivity contribution in [1.82, 2.24) is 10.2 Å². The second-order valence-electron chi connectivity index (χ2n) is 6.57. The molecule has 2 aromatic carbocycles. The Morgan fingerprint density at radius 2 is 2.07 bits per heavy atom. The zero-order valence-electron chi connectivity index (χ0n) is 16.0. The summed E-state index contributed by atoms with van der Waals surface area (Å²) in [6.45, 7) is 3.09. The number of hydrogen-bond acceptors (Lipinski definition) is 6. The molecule has 1 aliphatic rings. The van der Waals surface area contributed by atoms with Gasteiger partial charge in [0.1, 0.15) is 5.75 Å². The third-order valence-electron chi connectivity index (χ3n) is 4.83. The Labute approximate surface area is 173 Å². The van der Waals surface area contributed by atoms with Crippen LogP contribution in [0.4, 0.5) is 5.69 Å².